The van der Waals surface area contributed by atoms with Gasteiger partial charge in [-0.25, -0.2) is 0 Å². The Kier molecular flexibility index (Phi) is 0.686. The summed E-state index contributed by atoms with van der Waals surface area (Å²) in [6.07, 6.45) is 0. The Morgan fingerprint density at radius 3 is 0.889 bits per heavy atom. The van der Waals surface area contributed by atoms with Crippen molar-refractivity contribution in [1.29, 1.82) is 0 Å². The van der Waals surface area contributed by atoms with Crippen LogP contribution in [0.25, 0.3) is 0 Å². The topological polar surface area (TPSA) is 37.6 Å². The molecule has 0 spiro atoms. The van der Waals surface area contributed by atoms with Gasteiger partial charge in [0.1, 0.15) is 0 Å². The minimum absolute atomic E-state index is 0.375. The van der Waals surface area contributed by atoms with Crippen LogP contribution in [0.4, 0.5) is 0 Å². The lowest BCUT2D eigenvalue weighted by Gasteiger charge is -1.81. The molecule has 9 heavy (non-hydrogen) atoms. The highest BCUT2D eigenvalue weighted by atomic mass is 30.2. The van der Waals surface area contributed by atoms with E-state index in [2.05, 4.69) is 0 Å². The molecule has 0 bridgehead atoms. The third kappa shape index (κ3) is 0.487. The van der Waals surface area contributed by atoms with Crippen LogP contribution in [0.5, 0.6) is 0 Å². The summed E-state index contributed by atoms with van der Waals surface area (Å²) in [6, 6.07) is 0. The molecule has 0 N–H and O–H groups in total. The number of rotatable bonds is 0. The summed E-state index contributed by atoms with van der Waals surface area (Å²) in [6.45, 7) is 0. The molecular formula is H6O3Si6. The summed E-state index contributed by atoms with van der Waals surface area (Å²) in [4.78, 5) is 0. The van der Waals surface area contributed by atoms with Crippen LogP contribution in [0.2, 0.25) is 0 Å². The fraction of sp³-hybridized carbons (Fsp3) is 0. The van der Waals surface area contributed by atoms with E-state index >= 15 is 0 Å². The maximum absolute atomic E-state index is 5.81. The van der Waals surface area contributed by atoms with Crippen molar-refractivity contribution in [2.45, 2.75) is 0 Å². The molecule has 4 saturated heterocycles. The van der Waals surface area contributed by atoms with Crippen molar-refractivity contribution in [3.8, 4) is 0 Å². The predicted molar refractivity (Wildman–Crippen MR) is 46.1 cm³/mol. The lowest BCUT2D eigenvalue weighted by atomic mass is 15.8. The SMILES string of the molecule is O1[SiH]2[SiH]3O[SiH]3[SiH]3O[SiH]3[SiH]12. The van der Waals surface area contributed by atoms with E-state index < -0.39 is 0 Å². The predicted octanol–water partition coefficient (Wildman–Crippen LogP) is -4.10. The van der Waals surface area contributed by atoms with Crippen LogP contribution in [0.3, 0.4) is 0 Å². The second kappa shape index (κ2) is 1.25. The molecule has 48 valence electrons. The quantitative estimate of drug-likeness (QED) is 0.309. The second-order valence-electron chi connectivity index (χ2n) is 3.20. The molecule has 4 fully saturated rings. The third-order valence-corrected chi connectivity index (χ3v) is 97.4. The van der Waals surface area contributed by atoms with Crippen molar-refractivity contribution in [3.05, 3.63) is 0 Å². The number of fused-ring (bicyclic) bond motifs is 6. The van der Waals surface area contributed by atoms with Crippen molar-refractivity contribution < 1.29 is 12.3 Å². The van der Waals surface area contributed by atoms with E-state index in [1.165, 1.54) is 0 Å². The van der Waals surface area contributed by atoms with Crippen LogP contribution in [-0.4, -0.2) is 48.5 Å². The largest absolute Gasteiger partial charge is 0.462 e. The molecule has 9 heteroatoms. The molecule has 0 aliphatic carbocycles. The van der Waals surface area contributed by atoms with Crippen molar-refractivity contribution >= 4 is 48.5 Å². The van der Waals surface area contributed by atoms with Gasteiger partial charge in [-0.3, -0.25) is 0 Å². The maximum atomic E-state index is 5.81. The van der Waals surface area contributed by atoms with Gasteiger partial charge in [0.2, 0.25) is 0 Å². The third-order valence-electron chi connectivity index (χ3n) is 2.66. The van der Waals surface area contributed by atoms with Crippen LogP contribution in [0.15, 0.2) is 0 Å². The molecular weight excluding hydrogens is 217 g/mol. The van der Waals surface area contributed by atoms with E-state index in [1.54, 1.807) is 0 Å². The van der Waals surface area contributed by atoms with Gasteiger partial charge in [0.15, 0.2) is 48.5 Å². The summed E-state index contributed by atoms with van der Waals surface area (Å²) in [7, 11) is -2.25. The minimum atomic E-state index is -0.375. The summed E-state index contributed by atoms with van der Waals surface area (Å²) < 4.78 is 17.4. The van der Waals surface area contributed by atoms with Crippen LogP contribution < -0.4 is 0 Å². The first-order valence-electron chi connectivity index (χ1n) is 3.41. The summed E-state index contributed by atoms with van der Waals surface area (Å²) in [5, 5.41) is 0. The Hall–Kier alpha value is 1.18. The number of hydrogen-bond donors (Lipinski definition) is 0. The molecule has 4 rings (SSSR count). The summed E-state index contributed by atoms with van der Waals surface area (Å²) in [5.41, 5.74) is 0. The van der Waals surface area contributed by atoms with Gasteiger partial charge in [-0.2, -0.15) is 0 Å². The smallest absolute Gasteiger partial charge is 0.191 e. The minimum Gasteiger partial charge on any atom is -0.462 e. The Morgan fingerprint density at radius 1 is 0.444 bits per heavy atom. The molecule has 4 aliphatic rings. The van der Waals surface area contributed by atoms with Gasteiger partial charge in [0.05, 0.1) is 0 Å². The first-order chi connectivity index (χ1) is 4.45. The molecule has 0 aromatic carbocycles. The normalized spacial score (nSPS) is 80.0. The average Bonchev–Trinajstić information content (AvgIpc) is 2.64. The first kappa shape index (κ1) is 4.94. The highest BCUT2D eigenvalue weighted by Gasteiger charge is 2.81. The maximum Gasteiger partial charge on any atom is 0.191 e. The van der Waals surface area contributed by atoms with Gasteiger partial charge < -0.3 is 12.3 Å². The van der Waals surface area contributed by atoms with Crippen molar-refractivity contribution in [3.63, 3.8) is 0 Å². The molecule has 0 atom stereocenters. The molecule has 4 heterocycles. The fourth-order valence-electron chi connectivity index (χ4n) is 1.99. The van der Waals surface area contributed by atoms with Gasteiger partial charge in [0.25, 0.3) is 0 Å². The van der Waals surface area contributed by atoms with Gasteiger partial charge >= 0.3 is 0 Å². The van der Waals surface area contributed by atoms with Gasteiger partial charge in [-0.1, -0.05) is 0 Å². The molecule has 0 unspecified atom stereocenters. The zero-order chi connectivity index (χ0) is 5.59. The Labute approximate surface area is 61.0 Å². The van der Waals surface area contributed by atoms with Crippen LogP contribution in [0.1, 0.15) is 0 Å². The highest BCUT2D eigenvalue weighted by molar-refractivity contribution is 8.05. The molecule has 3 nitrogen and oxygen atoms in total. The summed E-state index contributed by atoms with van der Waals surface area (Å²) >= 11 is 0. The van der Waals surface area contributed by atoms with E-state index in [-0.39, 0.29) is 48.5 Å². The van der Waals surface area contributed by atoms with Crippen molar-refractivity contribution in [1.82, 2.24) is 0 Å². The Bertz CT molecular complexity index is 129. The van der Waals surface area contributed by atoms with Crippen LogP contribution >= 0.6 is 0 Å². The van der Waals surface area contributed by atoms with Crippen LogP contribution in [0, 0.1) is 0 Å². The molecule has 4 aliphatic heterocycles. The van der Waals surface area contributed by atoms with Crippen molar-refractivity contribution in [2.24, 2.45) is 0 Å². The second-order valence-corrected chi connectivity index (χ2v) is 49.5. The zero-order valence-electron chi connectivity index (χ0n) is 4.69. The highest BCUT2D eigenvalue weighted by Crippen LogP contribution is 2.43. The lowest BCUT2D eigenvalue weighted by Crippen LogP contribution is -2.38. The van der Waals surface area contributed by atoms with Crippen molar-refractivity contribution in [2.75, 3.05) is 0 Å². The molecule has 0 aromatic heterocycles. The molecule has 0 amide bonds. The standard InChI is InChI=1S/H6O3Si6/c1-4-5(1)7-3-9(7)8-2-6(4)8/h4-9H. The van der Waals surface area contributed by atoms with E-state index in [1.807, 2.05) is 0 Å². The van der Waals surface area contributed by atoms with Gasteiger partial charge in [-0.15, -0.1) is 0 Å². The zero-order valence-corrected chi connectivity index (χ0v) is 11.6. The fourth-order valence-corrected chi connectivity index (χ4v) is 203. The monoisotopic (exact) mass is 222 g/mol. The molecule has 0 aromatic rings. The van der Waals surface area contributed by atoms with Gasteiger partial charge in [-0.05, 0) is 0 Å². The molecule has 0 saturated carbocycles. The number of hydrogen-bond acceptors (Lipinski definition) is 3. The van der Waals surface area contributed by atoms with E-state index in [0.717, 1.165) is 0 Å². The lowest BCUT2D eigenvalue weighted by molar-refractivity contribution is 0.713. The van der Waals surface area contributed by atoms with E-state index in [9.17, 15) is 0 Å². The van der Waals surface area contributed by atoms with Crippen LogP contribution in [-0.2, 0) is 12.3 Å². The first-order valence-corrected chi connectivity index (χ1v) is 22.2. The average molecular weight is 223 g/mol. The van der Waals surface area contributed by atoms with E-state index in [0.29, 0.717) is 0 Å². The van der Waals surface area contributed by atoms with Gasteiger partial charge in [0, 0.05) is 0 Å². The van der Waals surface area contributed by atoms with E-state index in [4.69, 9.17) is 12.3 Å². The Balaban J connectivity index is 1.84. The Morgan fingerprint density at radius 2 is 0.667 bits per heavy atom. The molecule has 0 radical (unpaired) electrons. The summed E-state index contributed by atoms with van der Waals surface area (Å²) in [5.74, 6) is 0.